The summed E-state index contributed by atoms with van der Waals surface area (Å²) in [5.74, 6) is -1.56. The van der Waals surface area contributed by atoms with Gasteiger partial charge in [0.05, 0.1) is 12.1 Å². The van der Waals surface area contributed by atoms with Crippen LogP contribution in [0.5, 0.6) is 0 Å². The number of nitrogens with two attached hydrogens (primary N) is 1. The van der Waals surface area contributed by atoms with E-state index in [0.29, 0.717) is 45.1 Å². The van der Waals surface area contributed by atoms with E-state index in [-0.39, 0.29) is 85.5 Å². The van der Waals surface area contributed by atoms with Crippen molar-refractivity contribution in [3.63, 3.8) is 0 Å². The third-order valence-electron chi connectivity index (χ3n) is 15.8. The number of carbonyl (C=O) groups excluding carboxylic acids is 5. The maximum atomic E-state index is 14.1. The van der Waals surface area contributed by atoms with Crippen molar-refractivity contribution in [3.05, 3.63) is 143 Å². The van der Waals surface area contributed by atoms with Gasteiger partial charge in [0.1, 0.15) is 17.7 Å². The smallest absolute Gasteiger partial charge is 0.306 e. The number of aryl methyl sites for hydroxylation is 4. The number of aliphatic carboxylic acids is 1. The van der Waals surface area contributed by atoms with Crippen LogP contribution in [0.3, 0.4) is 0 Å². The van der Waals surface area contributed by atoms with Gasteiger partial charge in [-0.15, -0.1) is 0 Å². The van der Waals surface area contributed by atoms with Crippen molar-refractivity contribution in [1.29, 1.82) is 0 Å². The summed E-state index contributed by atoms with van der Waals surface area (Å²) in [6.45, 7) is 14.9. The third-order valence-corrected chi connectivity index (χ3v) is 15.8. The number of ether oxygens (including phenoxy) is 1. The first-order chi connectivity index (χ1) is 37.3. The Bertz CT molecular complexity index is 2610. The van der Waals surface area contributed by atoms with Crippen molar-refractivity contribution >= 4 is 35.6 Å². The highest BCUT2D eigenvalue weighted by Gasteiger charge is 2.47. The Morgan fingerprint density at radius 1 is 0.628 bits per heavy atom. The summed E-state index contributed by atoms with van der Waals surface area (Å²) >= 11 is 0. The molecule has 8 atom stereocenters. The van der Waals surface area contributed by atoms with Gasteiger partial charge in [0.2, 0.25) is 23.6 Å². The quantitative estimate of drug-likeness (QED) is 0.0640. The lowest BCUT2D eigenvalue weighted by Gasteiger charge is -2.32. The van der Waals surface area contributed by atoms with Crippen molar-refractivity contribution in [2.24, 2.45) is 11.7 Å². The van der Waals surface area contributed by atoms with E-state index in [9.17, 15) is 33.9 Å². The molecule has 4 saturated heterocycles. The molecule has 0 aliphatic carbocycles. The molecule has 4 fully saturated rings. The summed E-state index contributed by atoms with van der Waals surface area (Å²) in [5.41, 5.74) is 12.5. The van der Waals surface area contributed by atoms with Crippen LogP contribution in [-0.2, 0) is 59.4 Å². The highest BCUT2D eigenvalue weighted by atomic mass is 16.6. The van der Waals surface area contributed by atoms with E-state index >= 15 is 0 Å². The van der Waals surface area contributed by atoms with E-state index in [2.05, 4.69) is 63.8 Å². The Morgan fingerprint density at radius 2 is 1.06 bits per heavy atom. The van der Waals surface area contributed by atoms with Crippen molar-refractivity contribution in [3.8, 4) is 0 Å². The van der Waals surface area contributed by atoms with Gasteiger partial charge in [-0.2, -0.15) is 0 Å². The minimum atomic E-state index is -0.983. The van der Waals surface area contributed by atoms with Gasteiger partial charge in [-0.05, 0) is 127 Å². The summed E-state index contributed by atoms with van der Waals surface area (Å²) in [4.78, 5) is 87.1. The molecule has 5 N–H and O–H groups in total. The molecule has 4 heterocycles. The maximum Gasteiger partial charge on any atom is 0.306 e. The number of esters is 1. The van der Waals surface area contributed by atoms with E-state index < -0.39 is 23.7 Å². The van der Waals surface area contributed by atoms with Gasteiger partial charge in [0.25, 0.3) is 0 Å². The molecule has 4 amide bonds. The fourth-order valence-electron chi connectivity index (χ4n) is 11.8. The van der Waals surface area contributed by atoms with E-state index in [4.69, 9.17) is 10.5 Å². The summed E-state index contributed by atoms with van der Waals surface area (Å²) in [6, 6.07) is 34.8. The molecule has 78 heavy (non-hydrogen) atoms. The monoisotopic (exact) mass is 1070 g/mol. The fourth-order valence-corrected chi connectivity index (χ4v) is 11.8. The second-order valence-electron chi connectivity index (χ2n) is 23.3. The predicted octanol–water partition coefficient (Wildman–Crippen LogP) is 7.53. The first-order valence-electron chi connectivity index (χ1n) is 28.4. The van der Waals surface area contributed by atoms with Crippen LogP contribution >= 0.6 is 0 Å². The zero-order valence-corrected chi connectivity index (χ0v) is 46.9. The number of rotatable bonds is 20. The first-order valence-corrected chi connectivity index (χ1v) is 28.4. The number of carboxylic acids is 1. The van der Waals surface area contributed by atoms with E-state index in [0.717, 1.165) is 73.7 Å². The molecule has 420 valence electrons. The summed E-state index contributed by atoms with van der Waals surface area (Å²) < 4.78 is 5.54. The highest BCUT2D eigenvalue weighted by Crippen LogP contribution is 2.34. The number of benzene rings is 4. The highest BCUT2D eigenvalue weighted by molar-refractivity contribution is 5.91. The fraction of sp³-hybridized carbons (Fsp3) is 0.524. The normalized spacial score (nSPS) is 22.4. The number of nitrogens with one attached hydrogen (secondary N) is 2. The number of hydrogen-bond donors (Lipinski definition) is 4. The molecule has 0 aromatic heterocycles. The number of amides is 4. The lowest BCUT2D eigenvalue weighted by Crippen LogP contribution is -2.53. The lowest BCUT2D eigenvalue weighted by atomic mass is 10.0. The molecule has 4 aliphatic rings. The van der Waals surface area contributed by atoms with Crippen LogP contribution in [0.1, 0.15) is 125 Å². The second kappa shape index (κ2) is 27.9. The molecule has 4 aliphatic heterocycles. The minimum absolute atomic E-state index is 0.0104. The van der Waals surface area contributed by atoms with Gasteiger partial charge < -0.3 is 36.0 Å². The van der Waals surface area contributed by atoms with Gasteiger partial charge >= 0.3 is 11.9 Å². The van der Waals surface area contributed by atoms with Crippen molar-refractivity contribution in [1.82, 2.24) is 30.2 Å². The van der Waals surface area contributed by atoms with Crippen LogP contribution in [0.4, 0.5) is 0 Å². The molecule has 15 nitrogen and oxygen atoms in total. The van der Waals surface area contributed by atoms with Crippen LogP contribution in [0.2, 0.25) is 0 Å². The van der Waals surface area contributed by atoms with Gasteiger partial charge in [0, 0.05) is 70.2 Å². The number of hydrogen-bond acceptors (Lipinski definition) is 10. The lowest BCUT2D eigenvalue weighted by molar-refractivity contribution is -0.156. The molecule has 4 aromatic rings. The summed E-state index contributed by atoms with van der Waals surface area (Å²) in [7, 11) is 0. The number of carbonyl (C=O) groups is 6. The number of nitrogens with zero attached hydrogens (tertiary/aromatic N) is 4. The molecule has 0 saturated carbocycles. The standard InChI is InChI=1S/C34H47N3O4.C29H38N4O4/c1-24-11-13-27(14-12-24)22-35-32(39)29(17-18-31(38)41-34(3,4)5)36-20-19-28(16-15-26-9-7-6-8-10-26)37-23-25(2)21-30(37)33(36)40;1-20-7-9-22(10-8-20)18-31-28(36)25(13-14-27(34)35)32-16-15-24(12-11-21-5-3-2-4-6-21)33-19-23(30)17-26(33)29(32)37/h6-14,25,28-30H,15-23H2,1-5H3,(H,35,39);2-10,23-26H,11-19,30H2,1H3,(H,31,36)(H,34,35)/t25-,28?,29-,30+;23-,24?,25-,26+/m11/s1. The molecule has 4 aromatic carbocycles. The third kappa shape index (κ3) is 17.0. The van der Waals surface area contributed by atoms with Crippen LogP contribution < -0.4 is 16.4 Å². The minimum Gasteiger partial charge on any atom is -0.481 e. The van der Waals surface area contributed by atoms with Gasteiger partial charge in [-0.25, -0.2) is 0 Å². The van der Waals surface area contributed by atoms with E-state index in [1.54, 1.807) is 9.80 Å². The summed E-state index contributed by atoms with van der Waals surface area (Å²) in [6.07, 6.45) is 6.79. The zero-order valence-electron chi connectivity index (χ0n) is 46.9. The average molecular weight is 1070 g/mol. The number of carboxylic acid groups (broad SMARTS) is 1. The molecular weight excluding hydrogens is 983 g/mol. The molecule has 0 spiro atoms. The van der Waals surface area contributed by atoms with Crippen LogP contribution in [0.15, 0.2) is 109 Å². The summed E-state index contributed by atoms with van der Waals surface area (Å²) in [5, 5.41) is 15.3. The largest absolute Gasteiger partial charge is 0.481 e. The average Bonchev–Trinajstić information content (AvgIpc) is 4.02. The Labute approximate surface area is 462 Å². The number of fused-ring (bicyclic) bond motifs is 2. The second-order valence-corrected chi connectivity index (χ2v) is 23.3. The molecule has 2 unspecified atom stereocenters. The van der Waals surface area contributed by atoms with E-state index in [1.807, 2.05) is 107 Å². The molecule has 15 heteroatoms. The van der Waals surface area contributed by atoms with Gasteiger partial charge in [-0.1, -0.05) is 127 Å². The zero-order chi connectivity index (χ0) is 55.9. The molecule has 0 bridgehead atoms. The predicted molar refractivity (Wildman–Crippen MR) is 303 cm³/mol. The maximum absolute atomic E-state index is 14.1. The van der Waals surface area contributed by atoms with Crippen molar-refractivity contribution in [2.75, 3.05) is 26.2 Å². The first kappa shape index (κ1) is 59.2. The molecule has 0 radical (unpaired) electrons. The molecule has 8 rings (SSSR count). The van der Waals surface area contributed by atoms with Gasteiger partial charge in [0.15, 0.2) is 0 Å². The van der Waals surface area contributed by atoms with Gasteiger partial charge in [-0.3, -0.25) is 38.6 Å². The Hall–Kier alpha value is -6.42. The van der Waals surface area contributed by atoms with E-state index in [1.165, 1.54) is 11.1 Å². The van der Waals surface area contributed by atoms with Crippen LogP contribution in [0, 0.1) is 19.8 Å². The van der Waals surface area contributed by atoms with Crippen LogP contribution in [0.25, 0.3) is 0 Å². The van der Waals surface area contributed by atoms with Crippen LogP contribution in [-0.4, -0.2) is 134 Å². The SMILES string of the molecule is Cc1ccc(CNC(=O)[C@@H](CCC(=O)O)N2CCC(CCc3ccccc3)N3C[C@H](N)C[C@H]3C2=O)cc1.Cc1ccc(CNC(=O)[C@@H](CCC(=O)OC(C)(C)C)N2CCC(CCc3ccccc3)N3C[C@H](C)C[C@H]3C2=O)cc1. The molecular formula is C63H85N7O8. The Balaban J connectivity index is 0.000000227. The Morgan fingerprint density at radius 3 is 1.51 bits per heavy atom. The van der Waals surface area contributed by atoms with Crippen molar-refractivity contribution < 1.29 is 38.6 Å². The topological polar surface area (TPSA) is 195 Å². The Kier molecular flexibility index (Phi) is 21.2. The van der Waals surface area contributed by atoms with Crippen molar-refractivity contribution in [2.45, 2.75) is 180 Å².